The summed E-state index contributed by atoms with van der Waals surface area (Å²) < 4.78 is 29.0. The molecule has 0 spiro atoms. The molecule has 10 heteroatoms. The largest absolute Gasteiger partial charge is 0.325 e. The van der Waals surface area contributed by atoms with E-state index in [9.17, 15) is 18.4 Å². The van der Waals surface area contributed by atoms with Crippen LogP contribution in [0.25, 0.3) is 11.4 Å². The lowest BCUT2D eigenvalue weighted by molar-refractivity contribution is -0.117. The summed E-state index contributed by atoms with van der Waals surface area (Å²) in [6, 6.07) is 10.9. The van der Waals surface area contributed by atoms with Gasteiger partial charge in [-0.05, 0) is 24.3 Å². The molecule has 7 nitrogen and oxygen atoms in total. The number of carbonyl (C=O) groups is 2. The van der Waals surface area contributed by atoms with E-state index < -0.39 is 23.6 Å². The second kappa shape index (κ2) is 8.61. The number of urea groups is 1. The summed E-state index contributed by atoms with van der Waals surface area (Å²) in [6.45, 7) is 0. The second-order valence-corrected chi connectivity index (χ2v) is 6.56. The number of nitrogens with one attached hydrogen (secondary N) is 2. The van der Waals surface area contributed by atoms with Gasteiger partial charge in [0, 0.05) is 7.05 Å². The first-order chi connectivity index (χ1) is 13.5. The highest BCUT2D eigenvalue weighted by molar-refractivity contribution is 7.99. The molecule has 3 rings (SSSR count). The minimum absolute atomic E-state index is 0.0386. The maximum atomic E-state index is 13.9. The van der Waals surface area contributed by atoms with Crippen molar-refractivity contribution in [2.45, 2.75) is 5.16 Å². The Bertz CT molecular complexity index is 1020. The number of hydrogen-bond acceptors (Lipinski definition) is 5. The van der Waals surface area contributed by atoms with E-state index in [4.69, 9.17) is 0 Å². The van der Waals surface area contributed by atoms with Gasteiger partial charge in [-0.1, -0.05) is 36.0 Å². The van der Waals surface area contributed by atoms with Crippen LogP contribution in [0.5, 0.6) is 0 Å². The van der Waals surface area contributed by atoms with Crippen LogP contribution < -0.4 is 10.6 Å². The van der Waals surface area contributed by atoms with E-state index in [0.29, 0.717) is 11.0 Å². The normalized spacial score (nSPS) is 10.5. The van der Waals surface area contributed by atoms with Gasteiger partial charge in [0.25, 0.3) is 0 Å². The fourth-order valence-corrected chi connectivity index (χ4v) is 3.04. The molecule has 0 aliphatic rings. The predicted octanol–water partition coefficient (Wildman–Crippen LogP) is 3.20. The van der Waals surface area contributed by atoms with Crippen molar-refractivity contribution in [2.75, 3.05) is 11.1 Å². The second-order valence-electron chi connectivity index (χ2n) is 5.62. The summed E-state index contributed by atoms with van der Waals surface area (Å²) in [7, 11) is 1.65. The Hall–Kier alpha value is -3.27. The van der Waals surface area contributed by atoms with Gasteiger partial charge in [0.2, 0.25) is 5.91 Å². The van der Waals surface area contributed by atoms with Crippen LogP contribution in [0.15, 0.2) is 53.7 Å². The van der Waals surface area contributed by atoms with Crippen molar-refractivity contribution < 1.29 is 18.4 Å². The number of para-hydroxylation sites is 1. The summed E-state index contributed by atoms with van der Waals surface area (Å²) in [4.78, 5) is 23.7. The van der Waals surface area contributed by atoms with Crippen molar-refractivity contribution in [1.29, 1.82) is 0 Å². The molecule has 3 aromatic rings. The summed E-state index contributed by atoms with van der Waals surface area (Å²) in [5.74, 6) is -1.46. The molecule has 0 fully saturated rings. The number of rotatable bonds is 5. The number of halogens is 2. The Morgan fingerprint density at radius 1 is 1.04 bits per heavy atom. The molecule has 1 aromatic heterocycles. The van der Waals surface area contributed by atoms with Gasteiger partial charge in [0.1, 0.15) is 11.6 Å². The molecule has 0 bridgehead atoms. The van der Waals surface area contributed by atoms with Crippen LogP contribution >= 0.6 is 11.8 Å². The number of amides is 3. The quantitative estimate of drug-likeness (QED) is 0.639. The number of aromatic nitrogens is 3. The van der Waals surface area contributed by atoms with Gasteiger partial charge in [-0.2, -0.15) is 0 Å². The third kappa shape index (κ3) is 4.52. The van der Waals surface area contributed by atoms with Crippen molar-refractivity contribution in [3.63, 3.8) is 0 Å². The van der Waals surface area contributed by atoms with Crippen molar-refractivity contribution in [3.8, 4) is 11.4 Å². The van der Waals surface area contributed by atoms with E-state index in [1.54, 1.807) is 35.9 Å². The zero-order chi connectivity index (χ0) is 20.1. The van der Waals surface area contributed by atoms with E-state index in [1.807, 2.05) is 0 Å². The van der Waals surface area contributed by atoms with E-state index >= 15 is 0 Å². The number of anilines is 1. The van der Waals surface area contributed by atoms with Gasteiger partial charge in [0.15, 0.2) is 11.0 Å². The highest BCUT2D eigenvalue weighted by Gasteiger charge is 2.16. The van der Waals surface area contributed by atoms with Gasteiger partial charge in [-0.3, -0.25) is 10.1 Å². The molecule has 0 aliphatic carbocycles. The maximum Gasteiger partial charge on any atom is 0.325 e. The molecule has 28 heavy (non-hydrogen) atoms. The third-order valence-electron chi connectivity index (χ3n) is 3.66. The predicted molar refractivity (Wildman–Crippen MR) is 101 cm³/mol. The smallest absolute Gasteiger partial charge is 0.305 e. The number of thioether (sulfide) groups is 1. The Morgan fingerprint density at radius 3 is 2.43 bits per heavy atom. The van der Waals surface area contributed by atoms with Crippen LogP contribution in [-0.4, -0.2) is 32.5 Å². The molecule has 0 saturated heterocycles. The van der Waals surface area contributed by atoms with Crippen molar-refractivity contribution in [3.05, 3.63) is 60.2 Å². The first-order valence-electron chi connectivity index (χ1n) is 8.08. The number of hydrogen-bond donors (Lipinski definition) is 2. The Labute approximate surface area is 163 Å². The average Bonchev–Trinajstić information content (AvgIpc) is 3.03. The molecule has 2 N–H and O–H groups in total. The van der Waals surface area contributed by atoms with E-state index in [1.165, 1.54) is 24.3 Å². The molecule has 144 valence electrons. The van der Waals surface area contributed by atoms with Gasteiger partial charge >= 0.3 is 6.03 Å². The summed E-state index contributed by atoms with van der Waals surface area (Å²) in [6.07, 6.45) is 0. The molecule has 0 saturated carbocycles. The topological polar surface area (TPSA) is 88.9 Å². The Balaban J connectivity index is 1.57. The van der Waals surface area contributed by atoms with Crippen LogP contribution in [0.2, 0.25) is 0 Å². The monoisotopic (exact) mass is 403 g/mol. The van der Waals surface area contributed by atoms with E-state index in [-0.39, 0.29) is 17.0 Å². The SMILES string of the molecule is Cn1c(SCC(=O)NC(=O)Nc2ccccc2F)nnc1-c1ccccc1F. The molecular weight excluding hydrogens is 388 g/mol. The molecule has 3 amide bonds. The first-order valence-corrected chi connectivity index (χ1v) is 9.06. The lowest BCUT2D eigenvalue weighted by Gasteiger charge is -2.07. The van der Waals surface area contributed by atoms with Crippen LogP contribution in [0, 0.1) is 11.6 Å². The van der Waals surface area contributed by atoms with Crippen LogP contribution in [0.3, 0.4) is 0 Å². The fourth-order valence-electron chi connectivity index (χ4n) is 2.33. The highest BCUT2D eigenvalue weighted by Crippen LogP contribution is 2.24. The lowest BCUT2D eigenvalue weighted by atomic mass is 10.2. The molecule has 0 atom stereocenters. The molecule has 0 aliphatic heterocycles. The van der Waals surface area contributed by atoms with Crippen LogP contribution in [0.1, 0.15) is 0 Å². The number of benzene rings is 2. The van der Waals surface area contributed by atoms with E-state index in [0.717, 1.165) is 11.8 Å². The summed E-state index contributed by atoms with van der Waals surface area (Å²) >= 11 is 1.03. The van der Waals surface area contributed by atoms with Crippen LogP contribution in [0.4, 0.5) is 19.3 Å². The van der Waals surface area contributed by atoms with Gasteiger partial charge < -0.3 is 9.88 Å². The van der Waals surface area contributed by atoms with Gasteiger partial charge in [-0.25, -0.2) is 13.6 Å². The molecular formula is C18H15F2N5O2S. The van der Waals surface area contributed by atoms with Crippen molar-refractivity contribution in [2.24, 2.45) is 7.05 Å². The molecule has 0 unspecified atom stereocenters. The fraction of sp³-hybridized carbons (Fsp3) is 0.111. The third-order valence-corrected chi connectivity index (χ3v) is 4.68. The van der Waals surface area contributed by atoms with Crippen LogP contribution in [-0.2, 0) is 11.8 Å². The number of nitrogens with zero attached hydrogens (tertiary/aromatic N) is 3. The lowest BCUT2D eigenvalue weighted by Crippen LogP contribution is -2.35. The van der Waals surface area contributed by atoms with Crippen molar-refractivity contribution in [1.82, 2.24) is 20.1 Å². The first kappa shape index (κ1) is 19.5. The molecule has 2 aromatic carbocycles. The minimum Gasteiger partial charge on any atom is -0.305 e. The van der Waals surface area contributed by atoms with E-state index in [2.05, 4.69) is 20.8 Å². The summed E-state index contributed by atoms with van der Waals surface area (Å²) in [5.41, 5.74) is 0.251. The molecule has 1 heterocycles. The van der Waals surface area contributed by atoms with Gasteiger partial charge in [-0.15, -0.1) is 10.2 Å². The average molecular weight is 403 g/mol. The minimum atomic E-state index is -0.847. The number of carbonyl (C=O) groups excluding carboxylic acids is 2. The maximum absolute atomic E-state index is 13.9. The Kier molecular flexibility index (Phi) is 5.99. The highest BCUT2D eigenvalue weighted by atomic mass is 32.2. The Morgan fingerprint density at radius 2 is 1.71 bits per heavy atom. The molecule has 0 radical (unpaired) electrons. The van der Waals surface area contributed by atoms with Crippen molar-refractivity contribution >= 4 is 29.4 Å². The summed E-state index contributed by atoms with van der Waals surface area (Å²) in [5, 5.41) is 12.6. The van der Waals surface area contributed by atoms with Gasteiger partial charge in [0.05, 0.1) is 17.0 Å². The zero-order valence-electron chi connectivity index (χ0n) is 14.6. The zero-order valence-corrected chi connectivity index (χ0v) is 15.5. The number of imide groups is 1. The standard InChI is InChI=1S/C18H15F2N5O2S/c1-25-16(11-6-2-3-7-12(11)19)23-24-18(25)28-10-15(26)22-17(27)21-14-9-5-4-8-13(14)20/h2-9H,10H2,1H3,(H2,21,22,26,27).